The molecule has 0 N–H and O–H groups in total. The summed E-state index contributed by atoms with van der Waals surface area (Å²) in [5.41, 5.74) is 0.389. The first kappa shape index (κ1) is 11.2. The normalized spacial score (nSPS) is 20.1. The van der Waals surface area contributed by atoms with Crippen molar-refractivity contribution in [2.24, 2.45) is 0 Å². The van der Waals surface area contributed by atoms with Crippen LogP contribution in [0.15, 0.2) is 5.38 Å². The predicted octanol–water partition coefficient (Wildman–Crippen LogP) is 1.12. The third-order valence-electron chi connectivity index (χ3n) is 2.74. The number of nitrogens with zero attached hydrogens (tertiary/aromatic N) is 3. The number of Topliss-reactive ketones (excluding diaryl/α,β-unsaturated/α-hetero) is 1. The van der Waals surface area contributed by atoms with Gasteiger partial charge < -0.3 is 4.90 Å². The largest absolute Gasteiger partial charge is 0.334 e. The summed E-state index contributed by atoms with van der Waals surface area (Å²) in [6, 6.07) is 0.0479. The lowest BCUT2D eigenvalue weighted by molar-refractivity contribution is -0.117. The second-order valence-corrected chi connectivity index (χ2v) is 4.60. The molecule has 1 amide bonds. The van der Waals surface area contributed by atoms with Crippen LogP contribution in [0.2, 0.25) is 0 Å². The fraction of sp³-hybridized carbons (Fsp3) is 0.600. The minimum absolute atomic E-state index is 0.0479. The molecule has 5 nitrogen and oxygen atoms in total. The van der Waals surface area contributed by atoms with E-state index in [9.17, 15) is 9.59 Å². The van der Waals surface area contributed by atoms with Crippen LogP contribution in [0.3, 0.4) is 0 Å². The number of likely N-dealkylation sites (tertiary alicyclic amines) is 1. The fourth-order valence-corrected chi connectivity index (χ4v) is 2.48. The molecule has 2 rings (SSSR count). The van der Waals surface area contributed by atoms with Crippen LogP contribution in [0, 0.1) is 0 Å². The van der Waals surface area contributed by atoms with E-state index in [1.165, 1.54) is 11.5 Å². The van der Waals surface area contributed by atoms with Crippen LogP contribution in [0.1, 0.15) is 36.7 Å². The van der Waals surface area contributed by atoms with Crippen molar-refractivity contribution in [1.82, 2.24) is 14.5 Å². The lowest BCUT2D eigenvalue weighted by Crippen LogP contribution is -2.36. The molecule has 86 valence electrons. The van der Waals surface area contributed by atoms with Gasteiger partial charge in [0.05, 0.1) is 0 Å². The molecule has 1 aromatic rings. The highest BCUT2D eigenvalue weighted by atomic mass is 32.1. The average molecular weight is 239 g/mol. The lowest BCUT2D eigenvalue weighted by atomic mass is 10.1. The maximum atomic E-state index is 12.0. The fourth-order valence-electron chi connectivity index (χ4n) is 2.05. The molecule has 0 saturated carbocycles. The molecule has 0 aliphatic carbocycles. The molecule has 2 heterocycles. The van der Waals surface area contributed by atoms with Gasteiger partial charge in [0.2, 0.25) is 0 Å². The van der Waals surface area contributed by atoms with Gasteiger partial charge in [-0.25, -0.2) is 0 Å². The molecule has 1 fully saturated rings. The quantitative estimate of drug-likeness (QED) is 0.793. The Hall–Kier alpha value is -1.30. The van der Waals surface area contributed by atoms with Gasteiger partial charge in [-0.05, 0) is 31.3 Å². The monoisotopic (exact) mass is 239 g/mol. The molecule has 6 heteroatoms. The zero-order valence-electron chi connectivity index (χ0n) is 9.05. The van der Waals surface area contributed by atoms with E-state index in [0.29, 0.717) is 18.7 Å². The summed E-state index contributed by atoms with van der Waals surface area (Å²) in [4.78, 5) is 24.9. The predicted molar refractivity (Wildman–Crippen MR) is 59.3 cm³/mol. The summed E-state index contributed by atoms with van der Waals surface area (Å²) in [7, 11) is 0. The molecule has 0 spiro atoms. The summed E-state index contributed by atoms with van der Waals surface area (Å²) in [6.07, 6.45) is 2.31. The zero-order valence-corrected chi connectivity index (χ0v) is 9.87. The highest BCUT2D eigenvalue weighted by Gasteiger charge is 2.31. The van der Waals surface area contributed by atoms with Crippen molar-refractivity contribution in [2.45, 2.75) is 32.2 Å². The summed E-state index contributed by atoms with van der Waals surface area (Å²) in [5, 5.41) is 5.41. The third-order valence-corrected chi connectivity index (χ3v) is 3.24. The standard InChI is InChI=1S/C10H13N3O2S/c1-7(14)5-8-3-2-4-13(8)10(15)9-6-16-12-11-9/h6,8H,2-5H2,1H3. The topological polar surface area (TPSA) is 63.2 Å². The van der Waals surface area contributed by atoms with Crippen molar-refractivity contribution in [1.29, 1.82) is 0 Å². The summed E-state index contributed by atoms with van der Waals surface area (Å²) >= 11 is 1.17. The number of aromatic nitrogens is 2. The maximum absolute atomic E-state index is 12.0. The SMILES string of the molecule is CC(=O)CC1CCCN1C(=O)c1csnn1. The number of hydrogen-bond donors (Lipinski definition) is 0. The third kappa shape index (κ3) is 2.27. The van der Waals surface area contributed by atoms with Gasteiger partial charge in [-0.15, -0.1) is 5.10 Å². The Morgan fingerprint density at radius 3 is 3.06 bits per heavy atom. The van der Waals surface area contributed by atoms with E-state index in [2.05, 4.69) is 9.59 Å². The van der Waals surface area contributed by atoms with Crippen LogP contribution in [-0.4, -0.2) is 38.8 Å². The average Bonchev–Trinajstić information content (AvgIpc) is 2.84. The zero-order chi connectivity index (χ0) is 11.5. The van der Waals surface area contributed by atoms with Gasteiger partial charge in [-0.2, -0.15) is 0 Å². The highest BCUT2D eigenvalue weighted by Crippen LogP contribution is 2.22. The Morgan fingerprint density at radius 2 is 2.44 bits per heavy atom. The first-order valence-electron chi connectivity index (χ1n) is 5.26. The van der Waals surface area contributed by atoms with E-state index >= 15 is 0 Å². The van der Waals surface area contributed by atoms with Crippen LogP contribution in [0.4, 0.5) is 0 Å². The number of carbonyl (C=O) groups excluding carboxylic acids is 2. The van der Waals surface area contributed by atoms with E-state index < -0.39 is 0 Å². The van der Waals surface area contributed by atoms with E-state index in [-0.39, 0.29) is 17.7 Å². The summed E-state index contributed by atoms with van der Waals surface area (Å²) < 4.78 is 3.68. The Balaban J connectivity index is 2.08. The molecule has 0 aromatic carbocycles. The molecule has 0 radical (unpaired) electrons. The second kappa shape index (κ2) is 4.69. The molecular formula is C10H13N3O2S. The van der Waals surface area contributed by atoms with Crippen LogP contribution < -0.4 is 0 Å². The van der Waals surface area contributed by atoms with Gasteiger partial charge in [0, 0.05) is 24.4 Å². The molecular weight excluding hydrogens is 226 g/mol. The van der Waals surface area contributed by atoms with Gasteiger partial charge in [0.25, 0.3) is 5.91 Å². The summed E-state index contributed by atoms with van der Waals surface area (Å²) in [5.74, 6) is 0.0265. The molecule has 0 bridgehead atoms. The lowest BCUT2D eigenvalue weighted by Gasteiger charge is -2.22. The Bertz CT molecular complexity index is 391. The Kier molecular flexibility index (Phi) is 3.28. The molecule has 1 unspecified atom stereocenters. The minimum Gasteiger partial charge on any atom is -0.334 e. The van der Waals surface area contributed by atoms with Crippen molar-refractivity contribution >= 4 is 23.2 Å². The van der Waals surface area contributed by atoms with Crippen LogP contribution >= 0.6 is 11.5 Å². The van der Waals surface area contributed by atoms with E-state index in [1.54, 1.807) is 17.2 Å². The smallest absolute Gasteiger partial charge is 0.275 e. The molecule has 1 aliphatic rings. The highest BCUT2D eigenvalue weighted by molar-refractivity contribution is 7.03. The minimum atomic E-state index is -0.0995. The van der Waals surface area contributed by atoms with Gasteiger partial charge in [-0.1, -0.05) is 4.49 Å². The van der Waals surface area contributed by atoms with Crippen molar-refractivity contribution in [3.05, 3.63) is 11.1 Å². The number of ketones is 1. The number of rotatable bonds is 3. The first-order valence-corrected chi connectivity index (χ1v) is 6.09. The maximum Gasteiger partial charge on any atom is 0.275 e. The van der Waals surface area contributed by atoms with Gasteiger partial charge >= 0.3 is 0 Å². The van der Waals surface area contributed by atoms with Gasteiger partial charge in [0.1, 0.15) is 5.78 Å². The molecule has 1 saturated heterocycles. The molecule has 1 aromatic heterocycles. The van der Waals surface area contributed by atoms with Gasteiger partial charge in [0.15, 0.2) is 5.69 Å². The van der Waals surface area contributed by atoms with Crippen LogP contribution in [0.25, 0.3) is 0 Å². The first-order chi connectivity index (χ1) is 7.68. The Labute approximate surface area is 97.6 Å². The van der Waals surface area contributed by atoms with E-state index in [0.717, 1.165) is 12.8 Å². The van der Waals surface area contributed by atoms with Crippen LogP contribution in [0.5, 0.6) is 0 Å². The number of carbonyl (C=O) groups is 2. The van der Waals surface area contributed by atoms with Crippen molar-refractivity contribution < 1.29 is 9.59 Å². The van der Waals surface area contributed by atoms with Gasteiger partial charge in [-0.3, -0.25) is 9.59 Å². The molecule has 1 aliphatic heterocycles. The van der Waals surface area contributed by atoms with E-state index in [4.69, 9.17) is 0 Å². The van der Waals surface area contributed by atoms with E-state index in [1.807, 2.05) is 0 Å². The number of amides is 1. The molecule has 1 atom stereocenters. The second-order valence-electron chi connectivity index (χ2n) is 3.99. The van der Waals surface area contributed by atoms with Crippen molar-refractivity contribution in [2.75, 3.05) is 6.54 Å². The van der Waals surface area contributed by atoms with Crippen LogP contribution in [-0.2, 0) is 4.79 Å². The van der Waals surface area contributed by atoms with Crippen molar-refractivity contribution in [3.8, 4) is 0 Å². The number of hydrogen-bond acceptors (Lipinski definition) is 5. The Morgan fingerprint density at radius 1 is 1.62 bits per heavy atom. The van der Waals surface area contributed by atoms with Crippen molar-refractivity contribution in [3.63, 3.8) is 0 Å². The summed E-state index contributed by atoms with van der Waals surface area (Å²) in [6.45, 7) is 2.28. The molecule has 16 heavy (non-hydrogen) atoms.